The number of carbonyl (C=O) groups excluding carboxylic acids is 1. The van der Waals surface area contributed by atoms with E-state index in [0.717, 1.165) is 53.8 Å². The normalized spacial score (nSPS) is 23.8. The summed E-state index contributed by atoms with van der Waals surface area (Å²) in [6.07, 6.45) is 11.9. The van der Waals surface area contributed by atoms with Crippen molar-refractivity contribution in [3.05, 3.63) is 30.5 Å². The van der Waals surface area contributed by atoms with Gasteiger partial charge < -0.3 is 9.88 Å². The van der Waals surface area contributed by atoms with Gasteiger partial charge in [-0.2, -0.15) is 0 Å². The Morgan fingerprint density at radius 3 is 2.81 bits per heavy atom. The molecule has 3 aromatic rings. The molecule has 2 unspecified atom stereocenters. The highest BCUT2D eigenvalue weighted by molar-refractivity contribution is 7.99. The number of nitrogens with one attached hydrogen (secondary N) is 1. The summed E-state index contributed by atoms with van der Waals surface area (Å²) in [6, 6.07) is 9.23. The summed E-state index contributed by atoms with van der Waals surface area (Å²) >= 11 is 1.57. The zero-order valence-electron chi connectivity index (χ0n) is 17.8. The summed E-state index contributed by atoms with van der Waals surface area (Å²) in [4.78, 5) is 18.7. The van der Waals surface area contributed by atoms with Gasteiger partial charge in [0.15, 0.2) is 11.0 Å². The molecule has 1 aromatic carbocycles. The van der Waals surface area contributed by atoms with Crippen LogP contribution in [0.5, 0.6) is 0 Å². The Morgan fingerprint density at radius 2 is 1.90 bits per heavy atom. The van der Waals surface area contributed by atoms with Crippen LogP contribution in [0.2, 0.25) is 0 Å². The lowest BCUT2D eigenvalue weighted by Crippen LogP contribution is -2.50. The number of hydrogen-bond donors (Lipinski definition) is 1. The van der Waals surface area contributed by atoms with Crippen LogP contribution in [-0.4, -0.2) is 48.9 Å². The van der Waals surface area contributed by atoms with E-state index in [4.69, 9.17) is 0 Å². The van der Waals surface area contributed by atoms with Crippen molar-refractivity contribution in [1.82, 2.24) is 24.6 Å². The number of hydrogen-bond acceptors (Lipinski definition) is 4. The molecule has 0 bridgehead atoms. The number of nitrogens with zero attached hydrogens (tertiary/aromatic N) is 4. The molecule has 2 aliphatic carbocycles. The minimum Gasteiger partial charge on any atom is -0.360 e. The Morgan fingerprint density at radius 1 is 1.06 bits per heavy atom. The molecular formula is C24H29N5OS. The van der Waals surface area contributed by atoms with Crippen LogP contribution in [0.25, 0.3) is 22.3 Å². The topological polar surface area (TPSA) is 66.8 Å². The van der Waals surface area contributed by atoms with Gasteiger partial charge in [-0.05, 0) is 50.5 Å². The highest BCUT2D eigenvalue weighted by Gasteiger charge is 2.36. The summed E-state index contributed by atoms with van der Waals surface area (Å²) in [5.74, 6) is 2.38. The first-order chi connectivity index (χ1) is 15.3. The number of piperidine rings is 1. The molecule has 0 spiro atoms. The average Bonchev–Trinajstić information content (AvgIpc) is 3.42. The molecule has 6 rings (SSSR count). The first kappa shape index (κ1) is 19.4. The highest BCUT2D eigenvalue weighted by Crippen LogP contribution is 2.42. The number of amides is 1. The molecule has 1 saturated heterocycles. The van der Waals surface area contributed by atoms with E-state index in [-0.39, 0.29) is 5.91 Å². The molecule has 2 saturated carbocycles. The maximum absolute atomic E-state index is 13.2. The van der Waals surface area contributed by atoms with Crippen molar-refractivity contribution in [2.45, 2.75) is 68.6 Å². The quantitative estimate of drug-likeness (QED) is 0.571. The smallest absolute Gasteiger partial charge is 0.233 e. The maximum Gasteiger partial charge on any atom is 0.233 e. The number of likely N-dealkylation sites (tertiary alicyclic amines) is 1. The zero-order chi connectivity index (χ0) is 20.8. The number of thioether (sulfide) groups is 1. The fraction of sp³-hybridized carbons (Fsp3) is 0.542. The van der Waals surface area contributed by atoms with Crippen LogP contribution < -0.4 is 0 Å². The third kappa shape index (κ3) is 3.56. The Balaban J connectivity index is 1.23. The minimum atomic E-state index is 0.278. The molecule has 3 aliphatic rings. The number of para-hydroxylation sites is 1. The molecule has 3 fully saturated rings. The second kappa shape index (κ2) is 8.01. The Labute approximate surface area is 186 Å². The second-order valence-electron chi connectivity index (χ2n) is 9.29. The van der Waals surface area contributed by atoms with Gasteiger partial charge in [0.05, 0.1) is 5.75 Å². The lowest BCUT2D eigenvalue weighted by molar-refractivity contribution is -0.134. The number of H-pyrrole nitrogens is 1. The Kier molecular flexibility index (Phi) is 5.01. The lowest BCUT2D eigenvalue weighted by atomic mass is 9.78. The number of benzene rings is 1. The molecule has 1 N–H and O–H groups in total. The fourth-order valence-corrected chi connectivity index (χ4v) is 6.51. The van der Waals surface area contributed by atoms with Gasteiger partial charge in [-0.1, -0.05) is 42.8 Å². The molecule has 31 heavy (non-hydrogen) atoms. The maximum atomic E-state index is 13.2. The standard InChI is InChI=1S/C24H29N5OS/c30-22(28-13-5-7-16-6-1-4-10-21(16)28)15-31-24-27-26-23(29(24)17-11-12-17)19-14-25-20-9-3-2-8-18(19)20/h2-3,8-9,14,16-17,21,25H,1,4-7,10-13,15H2. The molecule has 2 atom stereocenters. The van der Waals surface area contributed by atoms with E-state index in [2.05, 4.69) is 42.8 Å². The summed E-state index contributed by atoms with van der Waals surface area (Å²) in [5.41, 5.74) is 2.20. The van der Waals surface area contributed by atoms with E-state index in [1.54, 1.807) is 11.8 Å². The highest BCUT2D eigenvalue weighted by atomic mass is 32.2. The number of fused-ring (bicyclic) bond motifs is 2. The van der Waals surface area contributed by atoms with Crippen LogP contribution in [0.3, 0.4) is 0 Å². The van der Waals surface area contributed by atoms with E-state index in [1.165, 1.54) is 37.5 Å². The molecule has 7 heteroatoms. The van der Waals surface area contributed by atoms with Crippen LogP contribution in [0.4, 0.5) is 0 Å². The molecular weight excluding hydrogens is 406 g/mol. The molecule has 3 heterocycles. The minimum absolute atomic E-state index is 0.278. The number of aromatic nitrogens is 4. The summed E-state index contributed by atoms with van der Waals surface area (Å²) in [7, 11) is 0. The monoisotopic (exact) mass is 435 g/mol. The predicted molar refractivity (Wildman–Crippen MR) is 123 cm³/mol. The molecule has 1 amide bonds. The molecule has 2 aromatic heterocycles. The third-order valence-electron chi connectivity index (χ3n) is 7.30. The second-order valence-corrected chi connectivity index (χ2v) is 10.2. The van der Waals surface area contributed by atoms with Crippen molar-refractivity contribution in [3.8, 4) is 11.4 Å². The van der Waals surface area contributed by atoms with Gasteiger partial charge in [-0.15, -0.1) is 10.2 Å². The predicted octanol–water partition coefficient (Wildman–Crippen LogP) is 5.03. The van der Waals surface area contributed by atoms with E-state index < -0.39 is 0 Å². The number of carbonyl (C=O) groups is 1. The molecule has 162 valence electrons. The van der Waals surface area contributed by atoms with E-state index in [0.29, 0.717) is 17.8 Å². The number of rotatable bonds is 5. The van der Waals surface area contributed by atoms with Crippen molar-refractivity contribution in [3.63, 3.8) is 0 Å². The van der Waals surface area contributed by atoms with Crippen LogP contribution in [-0.2, 0) is 4.79 Å². The summed E-state index contributed by atoms with van der Waals surface area (Å²) < 4.78 is 2.27. The summed E-state index contributed by atoms with van der Waals surface area (Å²) in [6.45, 7) is 0.927. The number of aromatic amines is 1. The molecule has 6 nitrogen and oxygen atoms in total. The van der Waals surface area contributed by atoms with Gasteiger partial charge in [0.2, 0.25) is 5.91 Å². The van der Waals surface area contributed by atoms with E-state index in [9.17, 15) is 4.79 Å². The van der Waals surface area contributed by atoms with E-state index in [1.807, 2.05) is 12.3 Å². The largest absolute Gasteiger partial charge is 0.360 e. The average molecular weight is 436 g/mol. The zero-order valence-corrected chi connectivity index (χ0v) is 18.6. The van der Waals surface area contributed by atoms with Crippen LogP contribution >= 0.6 is 11.8 Å². The lowest BCUT2D eigenvalue weighted by Gasteiger charge is -2.44. The summed E-state index contributed by atoms with van der Waals surface area (Å²) in [5, 5.41) is 11.2. The van der Waals surface area contributed by atoms with Crippen LogP contribution in [0.1, 0.15) is 57.4 Å². The van der Waals surface area contributed by atoms with Gasteiger partial charge in [0.25, 0.3) is 0 Å². The van der Waals surface area contributed by atoms with Crippen molar-refractivity contribution < 1.29 is 4.79 Å². The van der Waals surface area contributed by atoms with Gasteiger partial charge in [-0.25, -0.2) is 0 Å². The SMILES string of the molecule is O=C(CSc1nnc(-c2c[nH]c3ccccc23)n1C1CC1)N1CCCC2CCCCC21. The first-order valence-corrected chi connectivity index (χ1v) is 12.7. The Hall–Kier alpha value is -2.28. The van der Waals surface area contributed by atoms with Crippen molar-refractivity contribution >= 4 is 28.6 Å². The van der Waals surface area contributed by atoms with Crippen molar-refractivity contribution in [2.75, 3.05) is 12.3 Å². The van der Waals surface area contributed by atoms with E-state index >= 15 is 0 Å². The molecule has 1 aliphatic heterocycles. The van der Waals surface area contributed by atoms with Gasteiger partial charge >= 0.3 is 0 Å². The fourth-order valence-electron chi connectivity index (χ4n) is 5.62. The molecule has 0 radical (unpaired) electrons. The van der Waals surface area contributed by atoms with Crippen LogP contribution in [0, 0.1) is 5.92 Å². The Bertz CT molecular complexity index is 1100. The van der Waals surface area contributed by atoms with Crippen molar-refractivity contribution in [2.24, 2.45) is 5.92 Å². The van der Waals surface area contributed by atoms with Crippen molar-refractivity contribution in [1.29, 1.82) is 0 Å². The van der Waals surface area contributed by atoms with Gasteiger partial charge in [0, 0.05) is 41.3 Å². The van der Waals surface area contributed by atoms with Gasteiger partial charge in [-0.3, -0.25) is 9.36 Å². The van der Waals surface area contributed by atoms with Crippen LogP contribution in [0.15, 0.2) is 35.6 Å². The third-order valence-corrected chi connectivity index (χ3v) is 8.22. The van der Waals surface area contributed by atoms with Gasteiger partial charge in [0.1, 0.15) is 0 Å². The first-order valence-electron chi connectivity index (χ1n) is 11.7.